The van der Waals surface area contributed by atoms with Crippen molar-refractivity contribution in [3.05, 3.63) is 42.0 Å². The first-order valence-electron chi connectivity index (χ1n) is 14.6. The number of nitrogens with zero attached hydrogens (tertiary/aromatic N) is 5. The van der Waals surface area contributed by atoms with Crippen molar-refractivity contribution in [3.63, 3.8) is 0 Å². The Kier molecular flexibility index (Phi) is 11.2. The standard InChI is InChI=1S/C30H46FN5O6SSi/c1-29(2,3)36(43(7,38)39)28(37)40-17-18-41-34-24-13-15-35(16-14-24)27-32-19-23(20-33-27)25-12-10-11-22(26(25)31)21-42-44(8,9)30(4,5)6/h10-12,19-20H,13-18,21H2,1-9H3. The summed E-state index contributed by atoms with van der Waals surface area (Å²) < 4.78 is 51.4. The van der Waals surface area contributed by atoms with Crippen LogP contribution in [0.2, 0.25) is 18.1 Å². The molecule has 0 bridgehead atoms. The van der Waals surface area contributed by atoms with Crippen molar-refractivity contribution in [2.75, 3.05) is 37.5 Å². The molecule has 2 aromatic rings. The molecular weight excluding hydrogens is 606 g/mol. The number of anilines is 1. The van der Waals surface area contributed by atoms with Crippen LogP contribution < -0.4 is 4.90 Å². The van der Waals surface area contributed by atoms with E-state index in [0.717, 1.165) is 12.0 Å². The van der Waals surface area contributed by atoms with Gasteiger partial charge in [-0.3, -0.25) is 0 Å². The summed E-state index contributed by atoms with van der Waals surface area (Å²) in [4.78, 5) is 28.6. The van der Waals surface area contributed by atoms with Crippen LogP contribution in [0, 0.1) is 5.82 Å². The van der Waals surface area contributed by atoms with Gasteiger partial charge in [0.1, 0.15) is 12.4 Å². The van der Waals surface area contributed by atoms with Crippen molar-refractivity contribution < 1.29 is 31.6 Å². The lowest BCUT2D eigenvalue weighted by Crippen LogP contribution is -2.49. The molecule has 2 heterocycles. The van der Waals surface area contributed by atoms with E-state index in [1.165, 1.54) is 0 Å². The molecule has 0 spiro atoms. The maximum absolute atomic E-state index is 15.4. The smallest absolute Gasteiger partial charge is 0.424 e. The number of halogens is 1. The Morgan fingerprint density at radius 1 is 1.07 bits per heavy atom. The second-order valence-electron chi connectivity index (χ2n) is 13.4. The summed E-state index contributed by atoms with van der Waals surface area (Å²) in [7, 11) is -5.81. The Morgan fingerprint density at radius 3 is 2.23 bits per heavy atom. The molecule has 0 N–H and O–H groups in total. The molecule has 0 radical (unpaired) electrons. The first-order valence-corrected chi connectivity index (χ1v) is 19.4. The number of amides is 1. The lowest BCUT2D eigenvalue weighted by atomic mass is 10.1. The molecule has 244 valence electrons. The Labute approximate surface area is 262 Å². The largest absolute Gasteiger partial charge is 0.445 e. The molecule has 1 fully saturated rings. The molecule has 1 saturated heterocycles. The molecule has 0 atom stereocenters. The summed E-state index contributed by atoms with van der Waals surface area (Å²) in [5.41, 5.74) is 1.43. The quantitative estimate of drug-likeness (QED) is 0.174. The molecule has 1 aliphatic rings. The highest BCUT2D eigenvalue weighted by molar-refractivity contribution is 7.88. The number of carbonyl (C=O) groups excluding carboxylic acids is 1. The fraction of sp³-hybridized carbons (Fsp3) is 0.600. The number of piperidine rings is 1. The predicted octanol–water partition coefficient (Wildman–Crippen LogP) is 5.97. The van der Waals surface area contributed by atoms with Gasteiger partial charge >= 0.3 is 6.09 Å². The maximum atomic E-state index is 15.4. The number of hydrogen-bond acceptors (Lipinski definition) is 10. The molecular formula is C30H46FN5O6SSi. The van der Waals surface area contributed by atoms with Crippen LogP contribution in [0.1, 0.15) is 59.9 Å². The zero-order valence-electron chi connectivity index (χ0n) is 27.3. The highest BCUT2D eigenvalue weighted by atomic mass is 32.2. The van der Waals surface area contributed by atoms with Gasteiger partial charge in [0.05, 0.1) is 24.1 Å². The van der Waals surface area contributed by atoms with E-state index in [1.807, 2.05) is 11.0 Å². The Bertz CT molecular complexity index is 1430. The molecule has 1 aromatic heterocycles. The number of ether oxygens (including phenoxy) is 1. The Hall–Kier alpha value is -3.10. The van der Waals surface area contributed by atoms with Gasteiger partial charge in [-0.25, -0.2) is 27.6 Å². The van der Waals surface area contributed by atoms with Crippen molar-refractivity contribution in [3.8, 4) is 11.1 Å². The molecule has 14 heteroatoms. The van der Waals surface area contributed by atoms with Crippen molar-refractivity contribution >= 4 is 36.1 Å². The van der Waals surface area contributed by atoms with Gasteiger partial charge in [-0.05, 0) is 38.9 Å². The third-order valence-corrected chi connectivity index (χ3v) is 13.6. The first kappa shape index (κ1) is 35.4. The van der Waals surface area contributed by atoms with Gasteiger partial charge in [0.15, 0.2) is 14.9 Å². The van der Waals surface area contributed by atoms with Crippen LogP contribution in [0.5, 0.6) is 0 Å². The molecule has 0 saturated carbocycles. The predicted molar refractivity (Wildman–Crippen MR) is 172 cm³/mol. The van der Waals surface area contributed by atoms with Crippen molar-refractivity contribution in [2.24, 2.45) is 5.16 Å². The first-order chi connectivity index (χ1) is 20.3. The highest BCUT2D eigenvalue weighted by Crippen LogP contribution is 2.37. The number of aromatic nitrogens is 2. The zero-order valence-corrected chi connectivity index (χ0v) is 29.1. The molecule has 1 amide bonds. The molecule has 1 aliphatic heterocycles. The van der Waals surface area contributed by atoms with E-state index in [0.29, 0.717) is 52.9 Å². The second kappa shape index (κ2) is 13.9. The number of rotatable bonds is 10. The van der Waals surface area contributed by atoms with Gasteiger partial charge in [0.25, 0.3) is 0 Å². The summed E-state index contributed by atoms with van der Waals surface area (Å²) in [6.07, 6.45) is 4.53. The van der Waals surface area contributed by atoms with Gasteiger partial charge < -0.3 is 18.9 Å². The Morgan fingerprint density at radius 2 is 1.68 bits per heavy atom. The summed E-state index contributed by atoms with van der Waals surface area (Å²) in [6.45, 7) is 16.9. The van der Waals surface area contributed by atoms with E-state index in [9.17, 15) is 13.2 Å². The van der Waals surface area contributed by atoms with E-state index in [-0.39, 0.29) is 30.7 Å². The van der Waals surface area contributed by atoms with Crippen LogP contribution >= 0.6 is 0 Å². The highest BCUT2D eigenvalue weighted by Gasteiger charge is 2.37. The lowest BCUT2D eigenvalue weighted by molar-refractivity contribution is 0.0590. The monoisotopic (exact) mass is 651 g/mol. The number of benzene rings is 1. The SMILES string of the molecule is CC(C)(C)N(C(=O)OCCON=C1CCN(c2ncc(-c3cccc(CO[Si](C)(C)C(C)(C)C)c3F)cn2)CC1)S(C)(=O)=O. The van der Waals surface area contributed by atoms with Crippen LogP contribution in [0.3, 0.4) is 0 Å². The second-order valence-corrected chi connectivity index (χ2v) is 20.0. The minimum atomic E-state index is -3.79. The van der Waals surface area contributed by atoms with Gasteiger partial charge in [0.2, 0.25) is 16.0 Å². The average Bonchev–Trinajstić information content (AvgIpc) is 2.90. The summed E-state index contributed by atoms with van der Waals surface area (Å²) >= 11 is 0. The molecule has 44 heavy (non-hydrogen) atoms. The van der Waals surface area contributed by atoms with E-state index in [4.69, 9.17) is 14.0 Å². The van der Waals surface area contributed by atoms with Gasteiger partial charge in [0, 0.05) is 55.0 Å². The Balaban J connectivity index is 1.51. The lowest BCUT2D eigenvalue weighted by Gasteiger charge is -2.36. The van der Waals surface area contributed by atoms with E-state index >= 15 is 4.39 Å². The minimum Gasteiger partial charge on any atom is -0.445 e. The van der Waals surface area contributed by atoms with Crippen LogP contribution in [-0.2, 0) is 30.6 Å². The number of sulfonamides is 1. The summed E-state index contributed by atoms with van der Waals surface area (Å²) in [5.74, 6) is 0.228. The molecule has 11 nitrogen and oxygen atoms in total. The third kappa shape index (κ3) is 9.21. The normalized spacial score (nSPS) is 14.8. The molecule has 0 unspecified atom stereocenters. The van der Waals surface area contributed by atoms with Gasteiger partial charge in [-0.1, -0.05) is 44.1 Å². The van der Waals surface area contributed by atoms with Crippen molar-refractivity contribution in [1.82, 2.24) is 14.3 Å². The van der Waals surface area contributed by atoms with Gasteiger partial charge in [-0.2, -0.15) is 4.31 Å². The maximum Gasteiger partial charge on any atom is 0.424 e. The number of hydrogen-bond donors (Lipinski definition) is 0. The van der Waals surface area contributed by atoms with E-state index in [2.05, 4.69) is 49.0 Å². The number of oxime groups is 1. The van der Waals surface area contributed by atoms with Crippen LogP contribution in [-0.4, -0.2) is 80.9 Å². The summed E-state index contributed by atoms with van der Waals surface area (Å²) in [6, 6.07) is 5.30. The van der Waals surface area contributed by atoms with Crippen molar-refractivity contribution in [2.45, 2.75) is 84.7 Å². The fourth-order valence-electron chi connectivity index (χ4n) is 4.34. The van der Waals surface area contributed by atoms with Crippen LogP contribution in [0.25, 0.3) is 11.1 Å². The van der Waals surface area contributed by atoms with E-state index < -0.39 is 30.0 Å². The topological polar surface area (TPSA) is 124 Å². The van der Waals surface area contributed by atoms with Crippen LogP contribution in [0.4, 0.5) is 15.1 Å². The summed E-state index contributed by atoms with van der Waals surface area (Å²) in [5, 5.41) is 4.18. The van der Waals surface area contributed by atoms with E-state index in [1.54, 1.807) is 45.3 Å². The third-order valence-electron chi connectivity index (χ3n) is 7.75. The van der Waals surface area contributed by atoms with Crippen LogP contribution in [0.15, 0.2) is 35.7 Å². The molecule has 3 rings (SSSR count). The van der Waals surface area contributed by atoms with Crippen molar-refractivity contribution in [1.29, 1.82) is 0 Å². The van der Waals surface area contributed by atoms with Gasteiger partial charge in [-0.15, -0.1) is 0 Å². The number of carbonyl (C=O) groups is 1. The minimum absolute atomic E-state index is 0.00849. The zero-order chi connectivity index (χ0) is 32.9. The fourth-order valence-corrected chi connectivity index (χ4v) is 6.60. The molecule has 0 aliphatic carbocycles. The average molecular weight is 652 g/mol. The molecule has 1 aromatic carbocycles.